The molecule has 0 aromatic carbocycles. The summed E-state index contributed by atoms with van der Waals surface area (Å²) in [6.07, 6.45) is 7.07. The molecule has 1 saturated heterocycles. The van der Waals surface area contributed by atoms with Crippen molar-refractivity contribution >= 4 is 5.91 Å². The predicted molar refractivity (Wildman–Crippen MR) is 73.5 cm³/mol. The van der Waals surface area contributed by atoms with Crippen LogP contribution in [0.1, 0.15) is 38.5 Å². The SMILES string of the molecule is CNC(=O)CCCN1CCC(CNC2CC2)CC1. The van der Waals surface area contributed by atoms with Crippen molar-refractivity contribution in [2.45, 2.75) is 44.6 Å². The third-order valence-electron chi connectivity index (χ3n) is 4.14. The zero-order valence-electron chi connectivity index (χ0n) is 11.6. The summed E-state index contributed by atoms with van der Waals surface area (Å²) in [4.78, 5) is 13.6. The van der Waals surface area contributed by atoms with Gasteiger partial charge in [-0.3, -0.25) is 4.79 Å². The summed E-state index contributed by atoms with van der Waals surface area (Å²) in [7, 11) is 1.71. The van der Waals surface area contributed by atoms with Crippen LogP contribution in [-0.4, -0.2) is 50.1 Å². The molecule has 0 unspecified atom stereocenters. The Morgan fingerprint density at radius 1 is 1.22 bits per heavy atom. The number of nitrogens with zero attached hydrogens (tertiary/aromatic N) is 1. The molecule has 2 fully saturated rings. The zero-order chi connectivity index (χ0) is 12.8. The van der Waals surface area contributed by atoms with E-state index in [4.69, 9.17) is 0 Å². The van der Waals surface area contributed by atoms with Crippen LogP contribution in [0.25, 0.3) is 0 Å². The standard InChI is InChI=1S/C14H27N3O/c1-15-14(18)3-2-8-17-9-6-12(7-10-17)11-16-13-4-5-13/h12-13,16H,2-11H2,1H3,(H,15,18). The summed E-state index contributed by atoms with van der Waals surface area (Å²) >= 11 is 0. The fraction of sp³-hybridized carbons (Fsp3) is 0.929. The lowest BCUT2D eigenvalue weighted by Crippen LogP contribution is -2.38. The van der Waals surface area contributed by atoms with Crippen molar-refractivity contribution in [3.63, 3.8) is 0 Å². The van der Waals surface area contributed by atoms with Crippen molar-refractivity contribution in [1.29, 1.82) is 0 Å². The summed E-state index contributed by atoms with van der Waals surface area (Å²) in [5.74, 6) is 1.04. The van der Waals surface area contributed by atoms with E-state index in [1.165, 1.54) is 45.3 Å². The molecule has 0 aromatic rings. The molecule has 0 atom stereocenters. The van der Waals surface area contributed by atoms with Gasteiger partial charge in [0.05, 0.1) is 0 Å². The number of hydrogen-bond donors (Lipinski definition) is 2. The summed E-state index contributed by atoms with van der Waals surface area (Å²) in [5.41, 5.74) is 0. The largest absolute Gasteiger partial charge is 0.359 e. The quantitative estimate of drug-likeness (QED) is 0.711. The van der Waals surface area contributed by atoms with E-state index in [0.717, 1.165) is 24.9 Å². The van der Waals surface area contributed by atoms with Gasteiger partial charge < -0.3 is 15.5 Å². The van der Waals surface area contributed by atoms with Crippen LogP contribution < -0.4 is 10.6 Å². The Morgan fingerprint density at radius 3 is 2.56 bits per heavy atom. The minimum Gasteiger partial charge on any atom is -0.359 e. The van der Waals surface area contributed by atoms with E-state index in [1.807, 2.05) is 0 Å². The van der Waals surface area contributed by atoms with E-state index in [2.05, 4.69) is 15.5 Å². The van der Waals surface area contributed by atoms with Crippen molar-refractivity contribution < 1.29 is 4.79 Å². The molecule has 0 spiro atoms. The maximum atomic E-state index is 11.1. The van der Waals surface area contributed by atoms with E-state index in [-0.39, 0.29) is 5.91 Å². The van der Waals surface area contributed by atoms with Gasteiger partial charge in [-0.15, -0.1) is 0 Å². The smallest absolute Gasteiger partial charge is 0.219 e. The van der Waals surface area contributed by atoms with E-state index in [0.29, 0.717) is 6.42 Å². The van der Waals surface area contributed by atoms with Gasteiger partial charge in [0.1, 0.15) is 0 Å². The molecule has 1 amide bonds. The van der Waals surface area contributed by atoms with E-state index < -0.39 is 0 Å². The lowest BCUT2D eigenvalue weighted by atomic mass is 9.96. The Hall–Kier alpha value is -0.610. The first-order valence-corrected chi connectivity index (χ1v) is 7.44. The Labute approximate surface area is 110 Å². The zero-order valence-corrected chi connectivity index (χ0v) is 11.6. The van der Waals surface area contributed by atoms with Crippen LogP contribution in [0, 0.1) is 5.92 Å². The third-order valence-corrected chi connectivity index (χ3v) is 4.14. The first-order chi connectivity index (χ1) is 8.78. The predicted octanol–water partition coefficient (Wildman–Crippen LogP) is 0.977. The molecule has 0 bridgehead atoms. The first-order valence-electron chi connectivity index (χ1n) is 7.44. The van der Waals surface area contributed by atoms with Crippen molar-refractivity contribution in [3.05, 3.63) is 0 Å². The molecule has 2 N–H and O–H groups in total. The highest BCUT2D eigenvalue weighted by molar-refractivity contribution is 5.75. The van der Waals surface area contributed by atoms with Crippen molar-refractivity contribution in [2.75, 3.05) is 33.2 Å². The Bertz CT molecular complexity index is 258. The van der Waals surface area contributed by atoms with Gasteiger partial charge in [0, 0.05) is 19.5 Å². The Kier molecular flexibility index (Phi) is 5.45. The molecule has 4 nitrogen and oxygen atoms in total. The van der Waals surface area contributed by atoms with E-state index in [1.54, 1.807) is 7.05 Å². The molecule has 1 saturated carbocycles. The monoisotopic (exact) mass is 253 g/mol. The number of piperidine rings is 1. The highest BCUT2D eigenvalue weighted by Gasteiger charge is 2.24. The maximum absolute atomic E-state index is 11.1. The molecule has 104 valence electrons. The molecule has 18 heavy (non-hydrogen) atoms. The average molecular weight is 253 g/mol. The summed E-state index contributed by atoms with van der Waals surface area (Å²) in [6.45, 7) is 4.72. The molecule has 0 aromatic heterocycles. The number of likely N-dealkylation sites (tertiary alicyclic amines) is 1. The summed E-state index contributed by atoms with van der Waals surface area (Å²) < 4.78 is 0. The molecule has 2 rings (SSSR count). The minimum absolute atomic E-state index is 0.165. The molecule has 1 aliphatic heterocycles. The number of hydrogen-bond acceptors (Lipinski definition) is 3. The second-order valence-electron chi connectivity index (χ2n) is 5.74. The Morgan fingerprint density at radius 2 is 1.94 bits per heavy atom. The van der Waals surface area contributed by atoms with Crippen molar-refractivity contribution in [2.24, 2.45) is 5.92 Å². The molecule has 4 heteroatoms. The lowest BCUT2D eigenvalue weighted by Gasteiger charge is -2.32. The second kappa shape index (κ2) is 7.10. The topological polar surface area (TPSA) is 44.4 Å². The van der Waals surface area contributed by atoms with Crippen LogP contribution in [-0.2, 0) is 4.79 Å². The van der Waals surface area contributed by atoms with Crippen LogP contribution in [0.4, 0.5) is 0 Å². The number of amides is 1. The number of carbonyl (C=O) groups excluding carboxylic acids is 1. The average Bonchev–Trinajstić information content (AvgIpc) is 3.21. The van der Waals surface area contributed by atoms with Crippen LogP contribution in [0.5, 0.6) is 0 Å². The van der Waals surface area contributed by atoms with Gasteiger partial charge in [0.15, 0.2) is 0 Å². The fourth-order valence-electron chi connectivity index (χ4n) is 2.62. The normalized spacial score (nSPS) is 22.1. The maximum Gasteiger partial charge on any atom is 0.219 e. The fourth-order valence-corrected chi connectivity index (χ4v) is 2.62. The minimum atomic E-state index is 0.165. The molecule has 2 aliphatic rings. The van der Waals surface area contributed by atoms with Gasteiger partial charge in [-0.1, -0.05) is 0 Å². The number of carbonyl (C=O) groups is 1. The third kappa shape index (κ3) is 4.94. The molecular weight excluding hydrogens is 226 g/mol. The van der Waals surface area contributed by atoms with Crippen molar-refractivity contribution in [3.8, 4) is 0 Å². The molecule has 0 radical (unpaired) electrons. The van der Waals surface area contributed by atoms with Crippen LogP contribution in [0.2, 0.25) is 0 Å². The number of nitrogens with one attached hydrogen (secondary N) is 2. The lowest BCUT2D eigenvalue weighted by molar-refractivity contribution is -0.120. The van der Waals surface area contributed by atoms with Gasteiger partial charge >= 0.3 is 0 Å². The van der Waals surface area contributed by atoms with Gasteiger partial charge in [0.25, 0.3) is 0 Å². The highest BCUT2D eigenvalue weighted by atomic mass is 16.1. The van der Waals surface area contributed by atoms with Crippen LogP contribution in [0.15, 0.2) is 0 Å². The molecule has 1 aliphatic carbocycles. The number of rotatable bonds is 7. The summed E-state index contributed by atoms with van der Waals surface area (Å²) in [5, 5.41) is 6.31. The van der Waals surface area contributed by atoms with E-state index >= 15 is 0 Å². The first kappa shape index (κ1) is 13.8. The van der Waals surface area contributed by atoms with Crippen LogP contribution in [0.3, 0.4) is 0 Å². The Balaban J connectivity index is 1.51. The van der Waals surface area contributed by atoms with Gasteiger partial charge in [-0.05, 0) is 64.2 Å². The van der Waals surface area contributed by atoms with Gasteiger partial charge in [-0.25, -0.2) is 0 Å². The van der Waals surface area contributed by atoms with Crippen LogP contribution >= 0.6 is 0 Å². The van der Waals surface area contributed by atoms with Gasteiger partial charge in [0.2, 0.25) is 5.91 Å². The molecule has 1 heterocycles. The second-order valence-corrected chi connectivity index (χ2v) is 5.74. The summed E-state index contributed by atoms with van der Waals surface area (Å²) in [6, 6.07) is 0.843. The van der Waals surface area contributed by atoms with Crippen molar-refractivity contribution in [1.82, 2.24) is 15.5 Å². The van der Waals surface area contributed by atoms with Gasteiger partial charge in [-0.2, -0.15) is 0 Å². The molecular formula is C14H27N3O. The highest BCUT2D eigenvalue weighted by Crippen LogP contribution is 2.21. The van der Waals surface area contributed by atoms with E-state index in [9.17, 15) is 4.79 Å².